The predicted octanol–water partition coefficient (Wildman–Crippen LogP) is 3.45. The Kier molecular flexibility index (Phi) is 6.24. The standard InChI is InChI=1S/C21H29NO3/c1-2-25-21(24)19(14-20(23)18-8-9-18)17-10-12-22(13-11-17)15-16-6-4-3-5-7-16/h3-7,17-19H,2,8-15H2,1H3. The molecule has 0 spiro atoms. The zero-order valence-corrected chi connectivity index (χ0v) is 15.2. The number of benzene rings is 1. The van der Waals surface area contributed by atoms with Gasteiger partial charge in [-0.15, -0.1) is 0 Å². The molecule has 1 unspecified atom stereocenters. The van der Waals surface area contributed by atoms with Crippen LogP contribution in [0.1, 0.15) is 44.6 Å². The quantitative estimate of drug-likeness (QED) is 0.678. The lowest BCUT2D eigenvalue weighted by Gasteiger charge is -2.35. The number of hydrogen-bond donors (Lipinski definition) is 0. The number of carbonyl (C=O) groups is 2. The number of esters is 1. The van der Waals surface area contributed by atoms with Crippen LogP contribution in [0.3, 0.4) is 0 Å². The molecule has 0 radical (unpaired) electrons. The minimum absolute atomic E-state index is 0.169. The van der Waals surface area contributed by atoms with Crippen molar-refractivity contribution in [1.29, 1.82) is 0 Å². The van der Waals surface area contributed by atoms with Crippen LogP contribution in [0.25, 0.3) is 0 Å². The van der Waals surface area contributed by atoms with Crippen LogP contribution in [-0.2, 0) is 20.9 Å². The molecule has 2 aliphatic rings. The van der Waals surface area contributed by atoms with E-state index in [0.717, 1.165) is 45.3 Å². The molecular formula is C21H29NO3. The molecule has 1 aliphatic heterocycles. The average Bonchev–Trinajstić information content (AvgIpc) is 3.47. The maximum absolute atomic E-state index is 12.4. The molecule has 1 aliphatic carbocycles. The fraction of sp³-hybridized carbons (Fsp3) is 0.619. The molecule has 0 bridgehead atoms. The van der Waals surface area contributed by atoms with Crippen molar-refractivity contribution < 1.29 is 14.3 Å². The highest BCUT2D eigenvalue weighted by molar-refractivity contribution is 5.87. The van der Waals surface area contributed by atoms with E-state index in [1.807, 2.05) is 13.0 Å². The van der Waals surface area contributed by atoms with Crippen LogP contribution in [0.2, 0.25) is 0 Å². The molecule has 1 heterocycles. The second-order valence-corrected chi connectivity index (χ2v) is 7.40. The van der Waals surface area contributed by atoms with Gasteiger partial charge in [0, 0.05) is 18.9 Å². The van der Waals surface area contributed by atoms with E-state index in [4.69, 9.17) is 4.74 Å². The average molecular weight is 343 g/mol. The van der Waals surface area contributed by atoms with Gasteiger partial charge in [-0.3, -0.25) is 14.5 Å². The molecule has 0 aromatic heterocycles. The second-order valence-electron chi connectivity index (χ2n) is 7.40. The second kappa shape index (κ2) is 8.61. The van der Waals surface area contributed by atoms with E-state index in [2.05, 4.69) is 29.2 Å². The third-order valence-electron chi connectivity index (χ3n) is 5.49. The highest BCUT2D eigenvalue weighted by Crippen LogP contribution is 2.35. The van der Waals surface area contributed by atoms with Gasteiger partial charge in [0.25, 0.3) is 0 Å². The first-order valence-corrected chi connectivity index (χ1v) is 9.63. The first-order chi connectivity index (χ1) is 12.2. The van der Waals surface area contributed by atoms with E-state index in [0.29, 0.717) is 13.0 Å². The number of nitrogens with zero attached hydrogens (tertiary/aromatic N) is 1. The van der Waals surface area contributed by atoms with Gasteiger partial charge in [-0.2, -0.15) is 0 Å². The lowest BCUT2D eigenvalue weighted by Crippen LogP contribution is -2.39. The van der Waals surface area contributed by atoms with Gasteiger partial charge < -0.3 is 4.74 Å². The van der Waals surface area contributed by atoms with Gasteiger partial charge in [-0.05, 0) is 57.2 Å². The summed E-state index contributed by atoms with van der Waals surface area (Å²) in [6, 6.07) is 10.5. The van der Waals surface area contributed by atoms with Gasteiger partial charge in [0.15, 0.2) is 0 Å². The molecule has 2 fully saturated rings. The van der Waals surface area contributed by atoms with Crippen LogP contribution in [0.4, 0.5) is 0 Å². The van der Waals surface area contributed by atoms with Gasteiger partial charge >= 0.3 is 5.97 Å². The van der Waals surface area contributed by atoms with Gasteiger partial charge in [0.2, 0.25) is 0 Å². The Morgan fingerprint density at radius 3 is 2.40 bits per heavy atom. The number of ether oxygens (including phenoxy) is 1. The zero-order valence-electron chi connectivity index (χ0n) is 15.2. The molecule has 1 aromatic rings. The van der Waals surface area contributed by atoms with Crippen LogP contribution in [0.5, 0.6) is 0 Å². The van der Waals surface area contributed by atoms with Gasteiger partial charge in [-0.1, -0.05) is 30.3 Å². The summed E-state index contributed by atoms with van der Waals surface area (Å²) in [5.74, 6) is 0.346. The Bertz CT molecular complexity index is 574. The van der Waals surface area contributed by atoms with Crippen molar-refractivity contribution >= 4 is 11.8 Å². The van der Waals surface area contributed by atoms with Crippen LogP contribution in [0.15, 0.2) is 30.3 Å². The molecule has 1 saturated heterocycles. The number of rotatable bonds is 8. The molecule has 1 aromatic carbocycles. The molecule has 4 heteroatoms. The molecular weight excluding hydrogens is 314 g/mol. The normalized spacial score (nSPS) is 20.2. The van der Waals surface area contributed by atoms with Crippen molar-refractivity contribution in [3.8, 4) is 0 Å². The van der Waals surface area contributed by atoms with Gasteiger partial charge in [-0.25, -0.2) is 0 Å². The van der Waals surface area contributed by atoms with Crippen molar-refractivity contribution in [3.63, 3.8) is 0 Å². The maximum atomic E-state index is 12.4. The van der Waals surface area contributed by atoms with Crippen molar-refractivity contribution in [2.45, 2.75) is 45.6 Å². The first kappa shape index (κ1) is 18.1. The molecule has 1 saturated carbocycles. The lowest BCUT2D eigenvalue weighted by molar-refractivity contribution is -0.152. The molecule has 0 N–H and O–H groups in total. The van der Waals surface area contributed by atoms with E-state index in [1.54, 1.807) is 0 Å². The minimum Gasteiger partial charge on any atom is -0.466 e. The number of piperidine rings is 1. The summed E-state index contributed by atoms with van der Waals surface area (Å²) in [4.78, 5) is 27.1. The Morgan fingerprint density at radius 2 is 1.80 bits per heavy atom. The zero-order chi connectivity index (χ0) is 17.6. The summed E-state index contributed by atoms with van der Waals surface area (Å²) in [7, 11) is 0. The molecule has 25 heavy (non-hydrogen) atoms. The summed E-state index contributed by atoms with van der Waals surface area (Å²) in [6.07, 6.45) is 4.32. The Balaban J connectivity index is 1.55. The number of carbonyl (C=O) groups excluding carboxylic acids is 2. The van der Waals surface area contributed by atoms with Crippen LogP contribution in [0, 0.1) is 17.8 Å². The highest BCUT2D eigenvalue weighted by Gasteiger charge is 2.38. The Morgan fingerprint density at radius 1 is 1.12 bits per heavy atom. The maximum Gasteiger partial charge on any atom is 0.309 e. The minimum atomic E-state index is -0.244. The molecule has 136 valence electrons. The number of Topliss-reactive ketones (excluding diaryl/α,β-unsaturated/α-hetero) is 1. The first-order valence-electron chi connectivity index (χ1n) is 9.63. The SMILES string of the molecule is CCOC(=O)C(CC(=O)C1CC1)C1CCN(Cc2ccccc2)CC1. The fourth-order valence-corrected chi connectivity index (χ4v) is 3.84. The molecule has 3 rings (SSSR count). The van der Waals surface area contributed by atoms with E-state index < -0.39 is 0 Å². The topological polar surface area (TPSA) is 46.6 Å². The van der Waals surface area contributed by atoms with Crippen LogP contribution >= 0.6 is 0 Å². The summed E-state index contributed by atoms with van der Waals surface area (Å²) in [5.41, 5.74) is 1.33. The summed E-state index contributed by atoms with van der Waals surface area (Å²) >= 11 is 0. The van der Waals surface area contributed by atoms with Crippen molar-refractivity contribution in [3.05, 3.63) is 35.9 Å². The summed E-state index contributed by atoms with van der Waals surface area (Å²) in [5, 5.41) is 0. The number of hydrogen-bond acceptors (Lipinski definition) is 4. The Labute approximate surface area is 150 Å². The summed E-state index contributed by atoms with van der Waals surface area (Å²) in [6.45, 7) is 5.14. The Hall–Kier alpha value is -1.68. The third kappa shape index (κ3) is 5.15. The number of likely N-dealkylation sites (tertiary alicyclic amines) is 1. The van der Waals surface area contributed by atoms with E-state index >= 15 is 0 Å². The number of ketones is 1. The highest BCUT2D eigenvalue weighted by atomic mass is 16.5. The third-order valence-corrected chi connectivity index (χ3v) is 5.49. The molecule has 4 nitrogen and oxygen atoms in total. The van der Waals surface area contributed by atoms with E-state index in [1.165, 1.54) is 5.56 Å². The lowest BCUT2D eigenvalue weighted by atomic mass is 9.80. The predicted molar refractivity (Wildman–Crippen MR) is 96.9 cm³/mol. The van der Waals surface area contributed by atoms with Crippen molar-refractivity contribution in [2.24, 2.45) is 17.8 Å². The van der Waals surface area contributed by atoms with Crippen molar-refractivity contribution in [2.75, 3.05) is 19.7 Å². The summed E-state index contributed by atoms with van der Waals surface area (Å²) < 4.78 is 5.28. The fourth-order valence-electron chi connectivity index (χ4n) is 3.84. The monoisotopic (exact) mass is 343 g/mol. The largest absolute Gasteiger partial charge is 0.466 e. The molecule has 1 atom stereocenters. The van der Waals surface area contributed by atoms with E-state index in [-0.39, 0.29) is 29.5 Å². The van der Waals surface area contributed by atoms with E-state index in [9.17, 15) is 9.59 Å². The smallest absolute Gasteiger partial charge is 0.309 e. The van der Waals surface area contributed by atoms with Gasteiger partial charge in [0.05, 0.1) is 12.5 Å². The van der Waals surface area contributed by atoms with Crippen LogP contribution < -0.4 is 0 Å². The van der Waals surface area contributed by atoms with Gasteiger partial charge in [0.1, 0.15) is 5.78 Å². The van der Waals surface area contributed by atoms with Crippen LogP contribution in [-0.4, -0.2) is 36.3 Å². The van der Waals surface area contributed by atoms with Crippen molar-refractivity contribution in [1.82, 2.24) is 4.90 Å². The molecule has 0 amide bonds.